The third kappa shape index (κ3) is 3.94. The summed E-state index contributed by atoms with van der Waals surface area (Å²) in [5, 5.41) is 4.67. The molecule has 1 N–H and O–H groups in total. The van der Waals surface area contributed by atoms with Crippen molar-refractivity contribution >= 4 is 26.7 Å². The molecule has 0 unspecified atom stereocenters. The monoisotopic (exact) mass is 461 g/mol. The van der Waals surface area contributed by atoms with Crippen molar-refractivity contribution in [1.82, 2.24) is 10.1 Å². The molecule has 0 aliphatic heterocycles. The SMILES string of the molecule is COc1ccc(NS(=O)(=O)c2ccc3oc(-c4nc(-c5ccccc5)no4)c(C)c3c2)cc1. The molecule has 166 valence electrons. The van der Waals surface area contributed by atoms with Gasteiger partial charge in [-0.25, -0.2) is 8.42 Å². The van der Waals surface area contributed by atoms with Crippen LogP contribution in [0.15, 0.2) is 86.6 Å². The summed E-state index contributed by atoms with van der Waals surface area (Å²) in [6.07, 6.45) is 0. The maximum atomic E-state index is 12.9. The molecule has 0 spiro atoms. The van der Waals surface area contributed by atoms with Crippen LogP contribution in [-0.2, 0) is 10.0 Å². The third-order valence-corrected chi connectivity index (χ3v) is 6.59. The second-order valence-corrected chi connectivity index (χ2v) is 9.02. The van der Waals surface area contributed by atoms with Gasteiger partial charge in [-0.3, -0.25) is 4.72 Å². The van der Waals surface area contributed by atoms with Gasteiger partial charge in [0, 0.05) is 22.2 Å². The molecule has 0 saturated heterocycles. The van der Waals surface area contributed by atoms with Gasteiger partial charge >= 0.3 is 0 Å². The zero-order valence-electron chi connectivity index (χ0n) is 17.8. The lowest BCUT2D eigenvalue weighted by Crippen LogP contribution is -2.12. The van der Waals surface area contributed by atoms with Crippen molar-refractivity contribution in [3.8, 4) is 28.8 Å². The van der Waals surface area contributed by atoms with E-state index < -0.39 is 10.0 Å². The fraction of sp³-hybridized carbons (Fsp3) is 0.0833. The van der Waals surface area contributed by atoms with Crippen LogP contribution >= 0.6 is 0 Å². The van der Waals surface area contributed by atoms with Crippen molar-refractivity contribution in [2.24, 2.45) is 0 Å². The van der Waals surface area contributed by atoms with E-state index in [1.54, 1.807) is 43.5 Å². The molecule has 0 saturated carbocycles. The van der Waals surface area contributed by atoms with Crippen LogP contribution in [0.25, 0.3) is 34.0 Å². The normalized spacial score (nSPS) is 11.6. The maximum Gasteiger partial charge on any atom is 0.294 e. The van der Waals surface area contributed by atoms with E-state index in [1.807, 2.05) is 37.3 Å². The first-order chi connectivity index (χ1) is 15.9. The number of furan rings is 1. The zero-order valence-corrected chi connectivity index (χ0v) is 18.6. The molecule has 2 heterocycles. The Labute approximate surface area is 189 Å². The minimum atomic E-state index is -3.81. The molecule has 5 rings (SSSR count). The van der Waals surface area contributed by atoms with Gasteiger partial charge < -0.3 is 13.7 Å². The van der Waals surface area contributed by atoms with Crippen LogP contribution in [0, 0.1) is 6.92 Å². The predicted molar refractivity (Wildman–Crippen MR) is 123 cm³/mol. The zero-order chi connectivity index (χ0) is 23.0. The Morgan fingerprint density at radius 2 is 1.73 bits per heavy atom. The molecule has 8 nitrogen and oxygen atoms in total. The molecular weight excluding hydrogens is 442 g/mol. The number of fused-ring (bicyclic) bond motifs is 1. The smallest absolute Gasteiger partial charge is 0.294 e. The number of aryl methyl sites for hydroxylation is 1. The van der Waals surface area contributed by atoms with E-state index >= 15 is 0 Å². The largest absolute Gasteiger partial charge is 0.497 e. The standard InChI is InChI=1S/C24H19N3O5S/c1-15-20-14-19(33(28,29)27-17-8-10-18(30-2)11-9-17)12-13-21(20)31-22(15)24-25-23(26-32-24)16-6-4-3-5-7-16/h3-14,27H,1-2H3. The molecule has 0 fully saturated rings. The molecule has 0 amide bonds. The number of benzene rings is 3. The van der Waals surface area contributed by atoms with Crippen molar-refractivity contribution in [3.63, 3.8) is 0 Å². The van der Waals surface area contributed by atoms with E-state index in [4.69, 9.17) is 13.7 Å². The van der Waals surface area contributed by atoms with Gasteiger partial charge in [-0.1, -0.05) is 35.5 Å². The number of nitrogens with zero attached hydrogens (tertiary/aromatic N) is 2. The highest BCUT2D eigenvalue weighted by Gasteiger charge is 2.22. The van der Waals surface area contributed by atoms with E-state index in [1.165, 1.54) is 6.07 Å². The van der Waals surface area contributed by atoms with Crippen molar-refractivity contribution in [2.45, 2.75) is 11.8 Å². The summed E-state index contributed by atoms with van der Waals surface area (Å²) in [5.41, 5.74) is 2.47. The molecule has 9 heteroatoms. The molecule has 33 heavy (non-hydrogen) atoms. The van der Waals surface area contributed by atoms with Crippen LogP contribution in [0.5, 0.6) is 5.75 Å². The Kier molecular flexibility index (Phi) is 5.10. The topological polar surface area (TPSA) is 107 Å². The van der Waals surface area contributed by atoms with E-state index in [0.29, 0.717) is 39.6 Å². The Morgan fingerprint density at radius 3 is 2.45 bits per heavy atom. The average Bonchev–Trinajstić information content (AvgIpc) is 3.45. The number of hydrogen-bond acceptors (Lipinski definition) is 7. The van der Waals surface area contributed by atoms with Crippen LogP contribution in [0.2, 0.25) is 0 Å². The number of sulfonamides is 1. The van der Waals surface area contributed by atoms with Gasteiger partial charge in [0.05, 0.1) is 12.0 Å². The van der Waals surface area contributed by atoms with Crippen LogP contribution in [-0.4, -0.2) is 25.7 Å². The molecule has 0 radical (unpaired) electrons. The second kappa shape index (κ2) is 8.10. The molecule has 0 aliphatic carbocycles. The van der Waals surface area contributed by atoms with Crippen molar-refractivity contribution in [1.29, 1.82) is 0 Å². The molecule has 0 atom stereocenters. The lowest BCUT2D eigenvalue weighted by molar-refractivity contribution is 0.415. The van der Waals surface area contributed by atoms with Crippen molar-refractivity contribution in [2.75, 3.05) is 11.8 Å². The number of aromatic nitrogens is 2. The van der Waals surface area contributed by atoms with Gasteiger partial charge in [0.25, 0.3) is 15.9 Å². The second-order valence-electron chi connectivity index (χ2n) is 7.34. The van der Waals surface area contributed by atoms with E-state index in [9.17, 15) is 8.42 Å². The van der Waals surface area contributed by atoms with E-state index in [0.717, 1.165) is 5.56 Å². The van der Waals surface area contributed by atoms with Gasteiger partial charge in [0.1, 0.15) is 11.3 Å². The highest BCUT2D eigenvalue weighted by molar-refractivity contribution is 7.92. The number of anilines is 1. The van der Waals surface area contributed by atoms with Crippen LogP contribution in [0.3, 0.4) is 0 Å². The van der Waals surface area contributed by atoms with Gasteiger partial charge in [0.15, 0.2) is 5.76 Å². The number of nitrogens with one attached hydrogen (secondary N) is 1. The quantitative estimate of drug-likeness (QED) is 0.367. The van der Waals surface area contributed by atoms with Gasteiger partial charge in [-0.15, -0.1) is 0 Å². The van der Waals surface area contributed by atoms with E-state index in [-0.39, 0.29) is 10.8 Å². The number of rotatable bonds is 6. The van der Waals surface area contributed by atoms with Gasteiger partial charge in [-0.2, -0.15) is 4.98 Å². The Balaban J connectivity index is 1.48. The fourth-order valence-corrected chi connectivity index (χ4v) is 4.55. The Morgan fingerprint density at radius 1 is 0.970 bits per heavy atom. The summed E-state index contributed by atoms with van der Waals surface area (Å²) in [7, 11) is -2.26. The first kappa shape index (κ1) is 20.8. The van der Waals surface area contributed by atoms with Gasteiger partial charge in [-0.05, 0) is 49.4 Å². The highest BCUT2D eigenvalue weighted by Crippen LogP contribution is 2.34. The molecule has 0 bridgehead atoms. The number of hydrogen-bond donors (Lipinski definition) is 1. The summed E-state index contributed by atoms with van der Waals surface area (Å²) in [6, 6.07) is 20.8. The number of ether oxygens (including phenoxy) is 1. The predicted octanol–water partition coefficient (Wildman–Crippen LogP) is 5.27. The van der Waals surface area contributed by atoms with Gasteiger partial charge in [0.2, 0.25) is 5.82 Å². The molecular formula is C24H19N3O5S. The summed E-state index contributed by atoms with van der Waals surface area (Å²) in [4.78, 5) is 4.54. The maximum absolute atomic E-state index is 12.9. The van der Waals surface area contributed by atoms with E-state index in [2.05, 4.69) is 14.9 Å². The molecule has 5 aromatic rings. The first-order valence-electron chi connectivity index (χ1n) is 10.0. The average molecular weight is 461 g/mol. The number of methoxy groups -OCH3 is 1. The summed E-state index contributed by atoms with van der Waals surface area (Å²) < 4.78 is 44.9. The fourth-order valence-electron chi connectivity index (χ4n) is 3.46. The summed E-state index contributed by atoms with van der Waals surface area (Å²) >= 11 is 0. The minimum Gasteiger partial charge on any atom is -0.497 e. The van der Waals surface area contributed by atoms with Crippen LogP contribution in [0.1, 0.15) is 5.56 Å². The summed E-state index contributed by atoms with van der Waals surface area (Å²) in [6.45, 7) is 1.82. The Bertz CT molecular complexity index is 1540. The minimum absolute atomic E-state index is 0.108. The lowest BCUT2D eigenvalue weighted by Gasteiger charge is -2.09. The Hall–Kier alpha value is -4.11. The van der Waals surface area contributed by atoms with Crippen molar-refractivity contribution in [3.05, 3.63) is 78.4 Å². The van der Waals surface area contributed by atoms with Crippen molar-refractivity contribution < 1.29 is 22.1 Å². The highest BCUT2D eigenvalue weighted by atomic mass is 32.2. The lowest BCUT2D eigenvalue weighted by atomic mass is 10.1. The molecule has 0 aliphatic rings. The first-order valence-corrected chi connectivity index (χ1v) is 11.5. The third-order valence-electron chi connectivity index (χ3n) is 5.21. The summed E-state index contributed by atoms with van der Waals surface area (Å²) in [5.74, 6) is 1.70. The van der Waals surface area contributed by atoms with Crippen LogP contribution < -0.4 is 9.46 Å². The van der Waals surface area contributed by atoms with Crippen LogP contribution in [0.4, 0.5) is 5.69 Å². The molecule has 3 aromatic carbocycles. The molecule has 2 aromatic heterocycles.